The molecule has 12 heavy (non-hydrogen) atoms. The highest BCUT2D eigenvalue weighted by Crippen LogP contribution is 2.23. The Morgan fingerprint density at radius 2 is 2.00 bits per heavy atom. The Hall–Kier alpha value is -0.300. The van der Waals surface area contributed by atoms with Crippen LogP contribution >= 0.6 is 0 Å². The van der Waals surface area contributed by atoms with Gasteiger partial charge in [0.25, 0.3) is 0 Å². The van der Waals surface area contributed by atoms with E-state index >= 15 is 0 Å². The smallest absolute Gasteiger partial charge is 0.0679 e. The van der Waals surface area contributed by atoms with Crippen molar-refractivity contribution in [1.82, 2.24) is 0 Å². The van der Waals surface area contributed by atoms with Crippen molar-refractivity contribution >= 4 is 0 Å². The molecular formula is C11H20O. The average molecular weight is 168 g/mol. The van der Waals surface area contributed by atoms with E-state index in [0.29, 0.717) is 17.8 Å². The second kappa shape index (κ2) is 4.08. The first kappa shape index (κ1) is 9.79. The summed E-state index contributed by atoms with van der Waals surface area (Å²) in [6, 6.07) is 0. The predicted molar refractivity (Wildman–Crippen MR) is 52.1 cm³/mol. The summed E-state index contributed by atoms with van der Waals surface area (Å²) >= 11 is 0. The third-order valence-electron chi connectivity index (χ3n) is 2.61. The van der Waals surface area contributed by atoms with Crippen LogP contribution in [0.15, 0.2) is 11.6 Å². The highest BCUT2D eigenvalue weighted by atomic mass is 16.5. The molecular weight excluding hydrogens is 148 g/mol. The van der Waals surface area contributed by atoms with Crippen molar-refractivity contribution in [2.24, 2.45) is 17.8 Å². The van der Waals surface area contributed by atoms with Crippen LogP contribution in [0.1, 0.15) is 27.7 Å². The Balaban J connectivity index is 2.63. The molecule has 0 aromatic carbocycles. The molecule has 70 valence electrons. The van der Waals surface area contributed by atoms with Crippen molar-refractivity contribution in [3.05, 3.63) is 11.6 Å². The Kier molecular flexibility index (Phi) is 3.33. The molecule has 0 fully saturated rings. The van der Waals surface area contributed by atoms with E-state index in [4.69, 9.17) is 4.74 Å². The van der Waals surface area contributed by atoms with E-state index in [1.807, 2.05) is 0 Å². The van der Waals surface area contributed by atoms with Gasteiger partial charge >= 0.3 is 0 Å². The third-order valence-corrected chi connectivity index (χ3v) is 2.61. The number of hydrogen-bond acceptors (Lipinski definition) is 1. The van der Waals surface area contributed by atoms with E-state index in [0.717, 1.165) is 13.2 Å². The SMILES string of the molecule is CC(C)C1=CC(C(C)C)COC1. The molecule has 1 atom stereocenters. The van der Waals surface area contributed by atoms with Crippen molar-refractivity contribution < 1.29 is 4.74 Å². The maximum Gasteiger partial charge on any atom is 0.0679 e. The molecule has 0 bridgehead atoms. The van der Waals surface area contributed by atoms with E-state index in [9.17, 15) is 0 Å². The zero-order chi connectivity index (χ0) is 9.14. The van der Waals surface area contributed by atoms with E-state index in [2.05, 4.69) is 33.8 Å². The lowest BCUT2D eigenvalue weighted by atomic mass is 9.89. The van der Waals surface area contributed by atoms with Crippen molar-refractivity contribution in [2.45, 2.75) is 27.7 Å². The van der Waals surface area contributed by atoms with Gasteiger partial charge in [-0.1, -0.05) is 33.8 Å². The molecule has 0 N–H and O–H groups in total. The van der Waals surface area contributed by atoms with Crippen LogP contribution in [0.5, 0.6) is 0 Å². The highest BCUT2D eigenvalue weighted by molar-refractivity contribution is 5.10. The summed E-state index contributed by atoms with van der Waals surface area (Å²) in [5.41, 5.74) is 1.47. The maximum absolute atomic E-state index is 5.55. The normalized spacial score (nSPS) is 24.8. The minimum atomic E-state index is 0.635. The molecule has 1 rings (SSSR count). The molecule has 0 aromatic heterocycles. The molecule has 0 spiro atoms. The van der Waals surface area contributed by atoms with Crippen LogP contribution in [-0.4, -0.2) is 13.2 Å². The van der Waals surface area contributed by atoms with E-state index in [1.54, 1.807) is 0 Å². The fraction of sp³-hybridized carbons (Fsp3) is 0.818. The first-order chi connectivity index (χ1) is 5.61. The monoisotopic (exact) mass is 168 g/mol. The Labute approximate surface area is 75.8 Å². The molecule has 1 aliphatic rings. The standard InChI is InChI=1S/C11H20O/c1-8(2)10-5-11(9(3)4)7-12-6-10/h5,8-10H,6-7H2,1-4H3. The Morgan fingerprint density at radius 1 is 1.33 bits per heavy atom. The number of hydrogen-bond donors (Lipinski definition) is 0. The summed E-state index contributed by atoms with van der Waals surface area (Å²) < 4.78 is 5.55. The van der Waals surface area contributed by atoms with Gasteiger partial charge in [-0.2, -0.15) is 0 Å². The number of rotatable bonds is 2. The van der Waals surface area contributed by atoms with Crippen molar-refractivity contribution in [3.8, 4) is 0 Å². The van der Waals surface area contributed by atoms with Gasteiger partial charge in [-0.15, -0.1) is 0 Å². The van der Waals surface area contributed by atoms with Gasteiger partial charge in [0.15, 0.2) is 0 Å². The van der Waals surface area contributed by atoms with Gasteiger partial charge in [-0.3, -0.25) is 0 Å². The quantitative estimate of drug-likeness (QED) is 0.576. The minimum absolute atomic E-state index is 0.635. The Bertz CT molecular complexity index is 168. The Morgan fingerprint density at radius 3 is 2.50 bits per heavy atom. The zero-order valence-electron chi connectivity index (χ0n) is 8.63. The molecule has 1 aliphatic heterocycles. The highest BCUT2D eigenvalue weighted by Gasteiger charge is 2.18. The lowest BCUT2D eigenvalue weighted by Crippen LogP contribution is -2.22. The second-order valence-electron chi connectivity index (χ2n) is 4.32. The van der Waals surface area contributed by atoms with Crippen LogP contribution in [0.4, 0.5) is 0 Å². The molecule has 1 heterocycles. The van der Waals surface area contributed by atoms with Crippen LogP contribution in [0, 0.1) is 17.8 Å². The fourth-order valence-corrected chi connectivity index (χ4v) is 1.43. The molecule has 0 aliphatic carbocycles. The summed E-state index contributed by atoms with van der Waals surface area (Å²) in [5, 5.41) is 0. The van der Waals surface area contributed by atoms with Gasteiger partial charge in [0, 0.05) is 5.92 Å². The maximum atomic E-state index is 5.55. The third kappa shape index (κ3) is 2.34. The largest absolute Gasteiger partial charge is 0.376 e. The summed E-state index contributed by atoms with van der Waals surface area (Å²) in [6.07, 6.45) is 2.42. The van der Waals surface area contributed by atoms with Crippen LogP contribution in [0.25, 0.3) is 0 Å². The lowest BCUT2D eigenvalue weighted by molar-refractivity contribution is 0.0974. The van der Waals surface area contributed by atoms with Gasteiger partial charge in [0.05, 0.1) is 13.2 Å². The lowest BCUT2D eigenvalue weighted by Gasteiger charge is -2.26. The van der Waals surface area contributed by atoms with Gasteiger partial charge in [-0.25, -0.2) is 0 Å². The molecule has 0 radical (unpaired) electrons. The van der Waals surface area contributed by atoms with Crippen molar-refractivity contribution in [2.75, 3.05) is 13.2 Å². The molecule has 1 nitrogen and oxygen atoms in total. The average Bonchev–Trinajstić information content (AvgIpc) is 2.04. The van der Waals surface area contributed by atoms with Crippen LogP contribution < -0.4 is 0 Å². The summed E-state index contributed by atoms with van der Waals surface area (Å²) in [4.78, 5) is 0. The molecule has 0 saturated heterocycles. The summed E-state index contributed by atoms with van der Waals surface area (Å²) in [7, 11) is 0. The van der Waals surface area contributed by atoms with Crippen molar-refractivity contribution in [1.29, 1.82) is 0 Å². The molecule has 1 heteroatoms. The van der Waals surface area contributed by atoms with E-state index in [1.165, 1.54) is 5.57 Å². The molecule has 0 saturated carbocycles. The van der Waals surface area contributed by atoms with Crippen molar-refractivity contribution in [3.63, 3.8) is 0 Å². The van der Waals surface area contributed by atoms with Gasteiger partial charge in [0.1, 0.15) is 0 Å². The van der Waals surface area contributed by atoms with Crippen LogP contribution in [0.2, 0.25) is 0 Å². The summed E-state index contributed by atoms with van der Waals surface area (Å²) in [6.45, 7) is 10.7. The van der Waals surface area contributed by atoms with Gasteiger partial charge < -0.3 is 4.74 Å². The minimum Gasteiger partial charge on any atom is -0.376 e. The topological polar surface area (TPSA) is 9.23 Å². The fourth-order valence-electron chi connectivity index (χ4n) is 1.43. The first-order valence-electron chi connectivity index (χ1n) is 4.89. The van der Waals surface area contributed by atoms with E-state index < -0.39 is 0 Å². The summed E-state index contributed by atoms with van der Waals surface area (Å²) in [5.74, 6) is 1.99. The molecule has 0 amide bonds. The van der Waals surface area contributed by atoms with Crippen LogP contribution in [-0.2, 0) is 4.74 Å². The molecule has 0 aromatic rings. The first-order valence-corrected chi connectivity index (χ1v) is 4.89. The zero-order valence-corrected chi connectivity index (χ0v) is 8.63. The van der Waals surface area contributed by atoms with Crippen LogP contribution in [0.3, 0.4) is 0 Å². The predicted octanol–water partition coefficient (Wildman–Crippen LogP) is 2.87. The number of ether oxygens (including phenoxy) is 1. The second-order valence-corrected chi connectivity index (χ2v) is 4.32. The van der Waals surface area contributed by atoms with Gasteiger partial charge in [-0.05, 0) is 17.4 Å². The molecule has 1 unspecified atom stereocenters. The van der Waals surface area contributed by atoms with E-state index in [-0.39, 0.29) is 0 Å². The van der Waals surface area contributed by atoms with Gasteiger partial charge in [0.2, 0.25) is 0 Å².